The fourth-order valence-corrected chi connectivity index (χ4v) is 4.61. The van der Waals surface area contributed by atoms with Crippen LogP contribution in [-0.2, 0) is 0 Å². The zero-order valence-corrected chi connectivity index (χ0v) is 18.9. The summed E-state index contributed by atoms with van der Waals surface area (Å²) in [6, 6.07) is 13.4. The number of benzene rings is 2. The average Bonchev–Trinajstić information content (AvgIpc) is 3.24. The summed E-state index contributed by atoms with van der Waals surface area (Å²) in [5, 5.41) is 4.47. The number of amides is 1. The third kappa shape index (κ3) is 3.99. The Kier molecular flexibility index (Phi) is 5.62. The molecule has 0 bridgehead atoms. The molecule has 2 aromatic carbocycles. The van der Waals surface area contributed by atoms with Crippen molar-refractivity contribution in [1.29, 1.82) is 0 Å². The molecule has 1 saturated heterocycles. The number of hydrogen-bond donors (Lipinski definition) is 0. The molecule has 7 nitrogen and oxygen atoms in total. The first-order chi connectivity index (χ1) is 16.0. The van der Waals surface area contributed by atoms with Crippen LogP contribution in [0.3, 0.4) is 0 Å². The number of ketones is 1. The number of hydrogen-bond acceptors (Lipinski definition) is 5. The van der Waals surface area contributed by atoms with Gasteiger partial charge in [-0.25, -0.2) is 4.68 Å². The van der Waals surface area contributed by atoms with E-state index in [1.165, 1.54) is 0 Å². The van der Waals surface area contributed by atoms with E-state index >= 15 is 0 Å². The van der Waals surface area contributed by atoms with Crippen LogP contribution in [0.5, 0.6) is 11.5 Å². The molecule has 1 fully saturated rings. The lowest BCUT2D eigenvalue weighted by Gasteiger charge is -2.31. The van der Waals surface area contributed by atoms with Gasteiger partial charge in [0.25, 0.3) is 5.91 Å². The van der Waals surface area contributed by atoms with Crippen LogP contribution < -0.4 is 9.47 Å². The Balaban J connectivity index is 1.26. The zero-order chi connectivity index (χ0) is 22.9. The van der Waals surface area contributed by atoms with Crippen molar-refractivity contribution in [3.63, 3.8) is 0 Å². The molecule has 0 spiro atoms. The standard InChI is InChI=1S/C26H27N3O4/c1-17-5-3-4-6-22(17)29-18(2)21(16-27-29)26(31)28-11-9-19(10-12-28)25(30)20-7-8-23-24(15-20)33-14-13-32-23/h3-8,15-16,19H,9-14H2,1-2H3. The predicted octanol–water partition coefficient (Wildman–Crippen LogP) is 4.00. The van der Waals surface area contributed by atoms with Crippen LogP contribution in [-0.4, -0.2) is 52.7 Å². The highest BCUT2D eigenvalue weighted by molar-refractivity contribution is 5.99. The SMILES string of the molecule is Cc1ccccc1-n1ncc(C(=O)N2CCC(C(=O)c3ccc4c(c3)OCCO4)CC2)c1C. The molecule has 1 aromatic heterocycles. The molecule has 0 aliphatic carbocycles. The van der Waals surface area contributed by atoms with Gasteiger partial charge in [-0.15, -0.1) is 0 Å². The number of fused-ring (bicyclic) bond motifs is 1. The highest BCUT2D eigenvalue weighted by Crippen LogP contribution is 2.33. The molecule has 7 heteroatoms. The van der Waals surface area contributed by atoms with Gasteiger partial charge in [-0.1, -0.05) is 18.2 Å². The molecule has 170 valence electrons. The Morgan fingerprint density at radius 1 is 0.970 bits per heavy atom. The zero-order valence-electron chi connectivity index (χ0n) is 18.9. The maximum atomic E-state index is 13.2. The number of carbonyl (C=O) groups is 2. The number of ether oxygens (including phenoxy) is 2. The van der Waals surface area contributed by atoms with Gasteiger partial charge in [0.2, 0.25) is 0 Å². The van der Waals surface area contributed by atoms with E-state index in [1.54, 1.807) is 24.4 Å². The van der Waals surface area contributed by atoms with E-state index < -0.39 is 0 Å². The number of para-hydroxylation sites is 1. The first kappa shape index (κ1) is 21.2. The Labute approximate surface area is 192 Å². The largest absolute Gasteiger partial charge is 0.486 e. The quantitative estimate of drug-likeness (QED) is 0.568. The van der Waals surface area contributed by atoms with Crippen LogP contribution in [0, 0.1) is 19.8 Å². The third-order valence-electron chi connectivity index (χ3n) is 6.56. The lowest BCUT2D eigenvalue weighted by molar-refractivity contribution is 0.0649. The summed E-state index contributed by atoms with van der Waals surface area (Å²) < 4.78 is 13.0. The van der Waals surface area contributed by atoms with Gasteiger partial charge in [-0.3, -0.25) is 9.59 Å². The second-order valence-corrected chi connectivity index (χ2v) is 8.63. The van der Waals surface area contributed by atoms with E-state index in [4.69, 9.17) is 9.47 Å². The predicted molar refractivity (Wildman–Crippen MR) is 123 cm³/mol. The van der Waals surface area contributed by atoms with Crippen LogP contribution >= 0.6 is 0 Å². The molecule has 5 rings (SSSR count). The number of nitrogens with zero attached hydrogens (tertiary/aromatic N) is 3. The molecule has 3 heterocycles. The summed E-state index contributed by atoms with van der Waals surface area (Å²) in [4.78, 5) is 28.1. The maximum absolute atomic E-state index is 13.2. The second-order valence-electron chi connectivity index (χ2n) is 8.63. The number of Topliss-reactive ketones (excluding diaryl/α,β-unsaturated/α-hetero) is 1. The third-order valence-corrected chi connectivity index (χ3v) is 6.56. The topological polar surface area (TPSA) is 73.7 Å². The van der Waals surface area contributed by atoms with Gasteiger partial charge >= 0.3 is 0 Å². The highest BCUT2D eigenvalue weighted by Gasteiger charge is 2.30. The molecular formula is C26H27N3O4. The minimum atomic E-state index is -0.104. The van der Waals surface area contributed by atoms with E-state index in [0.717, 1.165) is 16.9 Å². The van der Waals surface area contributed by atoms with E-state index in [2.05, 4.69) is 5.10 Å². The molecular weight excluding hydrogens is 418 g/mol. The van der Waals surface area contributed by atoms with Crippen molar-refractivity contribution in [2.45, 2.75) is 26.7 Å². The van der Waals surface area contributed by atoms with Crippen molar-refractivity contribution in [2.24, 2.45) is 5.92 Å². The van der Waals surface area contributed by atoms with Gasteiger partial charge in [0.1, 0.15) is 13.2 Å². The Hall–Kier alpha value is -3.61. The summed E-state index contributed by atoms with van der Waals surface area (Å²) in [5.41, 5.74) is 4.14. The van der Waals surface area contributed by atoms with Crippen molar-refractivity contribution in [1.82, 2.24) is 14.7 Å². The van der Waals surface area contributed by atoms with Crippen LogP contribution in [0.25, 0.3) is 5.69 Å². The Bertz CT molecular complexity index is 1210. The van der Waals surface area contributed by atoms with Gasteiger partial charge in [0.05, 0.1) is 23.1 Å². The van der Waals surface area contributed by atoms with E-state index in [0.29, 0.717) is 61.8 Å². The van der Waals surface area contributed by atoms with Crippen molar-refractivity contribution >= 4 is 11.7 Å². The molecule has 0 radical (unpaired) electrons. The maximum Gasteiger partial charge on any atom is 0.257 e. The van der Waals surface area contributed by atoms with Gasteiger partial charge in [-0.05, 0) is 56.5 Å². The van der Waals surface area contributed by atoms with Gasteiger partial charge in [0, 0.05) is 24.6 Å². The van der Waals surface area contributed by atoms with Crippen LogP contribution in [0.15, 0.2) is 48.7 Å². The molecule has 0 atom stereocenters. The minimum Gasteiger partial charge on any atom is -0.486 e. The van der Waals surface area contributed by atoms with E-state index in [-0.39, 0.29) is 17.6 Å². The van der Waals surface area contributed by atoms with E-state index in [1.807, 2.05) is 47.7 Å². The number of rotatable bonds is 4. The Morgan fingerprint density at radius 3 is 2.45 bits per heavy atom. The molecule has 0 N–H and O–H groups in total. The van der Waals surface area contributed by atoms with Crippen molar-refractivity contribution in [3.8, 4) is 17.2 Å². The van der Waals surface area contributed by atoms with Crippen LogP contribution in [0.1, 0.15) is 44.8 Å². The lowest BCUT2D eigenvalue weighted by atomic mass is 9.88. The summed E-state index contributed by atoms with van der Waals surface area (Å²) in [7, 11) is 0. The van der Waals surface area contributed by atoms with E-state index in [9.17, 15) is 9.59 Å². The normalized spacial score (nSPS) is 16.0. The van der Waals surface area contributed by atoms with Gasteiger partial charge in [-0.2, -0.15) is 5.10 Å². The first-order valence-electron chi connectivity index (χ1n) is 11.4. The number of aryl methyl sites for hydroxylation is 1. The molecule has 1 amide bonds. The molecule has 2 aliphatic heterocycles. The van der Waals surface area contributed by atoms with Crippen molar-refractivity contribution in [2.75, 3.05) is 26.3 Å². The van der Waals surface area contributed by atoms with Gasteiger partial charge in [0.15, 0.2) is 17.3 Å². The summed E-state index contributed by atoms with van der Waals surface area (Å²) in [5.74, 6) is 1.27. The van der Waals surface area contributed by atoms with Crippen LogP contribution in [0.4, 0.5) is 0 Å². The Morgan fingerprint density at radius 2 is 1.70 bits per heavy atom. The number of carbonyl (C=O) groups excluding carboxylic acids is 2. The summed E-state index contributed by atoms with van der Waals surface area (Å²) >= 11 is 0. The number of aromatic nitrogens is 2. The minimum absolute atomic E-state index is 0.0300. The fourth-order valence-electron chi connectivity index (χ4n) is 4.61. The van der Waals surface area contributed by atoms with Crippen molar-refractivity contribution < 1.29 is 19.1 Å². The number of likely N-dealkylation sites (tertiary alicyclic amines) is 1. The molecule has 0 saturated carbocycles. The molecule has 2 aliphatic rings. The average molecular weight is 446 g/mol. The summed E-state index contributed by atoms with van der Waals surface area (Å²) in [6.45, 7) is 6.07. The monoisotopic (exact) mass is 445 g/mol. The fraction of sp³-hybridized carbons (Fsp3) is 0.346. The highest BCUT2D eigenvalue weighted by atomic mass is 16.6. The van der Waals surface area contributed by atoms with Gasteiger partial charge < -0.3 is 14.4 Å². The summed E-state index contributed by atoms with van der Waals surface area (Å²) in [6.07, 6.45) is 2.94. The molecule has 3 aromatic rings. The van der Waals surface area contributed by atoms with Crippen molar-refractivity contribution in [3.05, 3.63) is 71.0 Å². The number of piperidine rings is 1. The second kappa shape index (κ2) is 8.73. The molecule has 33 heavy (non-hydrogen) atoms. The molecule has 0 unspecified atom stereocenters. The first-order valence-corrected chi connectivity index (χ1v) is 11.4. The van der Waals surface area contributed by atoms with Crippen LogP contribution in [0.2, 0.25) is 0 Å². The lowest BCUT2D eigenvalue weighted by Crippen LogP contribution is -2.40. The smallest absolute Gasteiger partial charge is 0.257 e.